The van der Waals surface area contributed by atoms with Gasteiger partial charge >= 0.3 is 0 Å². The second-order valence-electron chi connectivity index (χ2n) is 5.24. The molecule has 2 rings (SSSR count). The lowest BCUT2D eigenvalue weighted by molar-refractivity contribution is -0.0942. The number of ether oxygens (including phenoxy) is 1. The Morgan fingerprint density at radius 2 is 2.33 bits per heavy atom. The van der Waals surface area contributed by atoms with E-state index in [1.165, 1.54) is 0 Å². The van der Waals surface area contributed by atoms with Crippen LogP contribution in [0.3, 0.4) is 0 Å². The minimum Gasteiger partial charge on any atom is -0.383 e. The van der Waals surface area contributed by atoms with Gasteiger partial charge in [-0.1, -0.05) is 13.8 Å². The molecule has 1 heterocycles. The predicted octanol–water partition coefficient (Wildman–Crippen LogP) is 1.21. The van der Waals surface area contributed by atoms with E-state index in [1.54, 1.807) is 25.4 Å². The first-order valence-corrected chi connectivity index (χ1v) is 6.01. The van der Waals surface area contributed by atoms with Crippen LogP contribution in [0.2, 0.25) is 0 Å². The first-order chi connectivity index (χ1) is 8.46. The number of nitrogen functional groups attached to an aromatic ring is 1. The van der Waals surface area contributed by atoms with Gasteiger partial charge in [0.15, 0.2) is 0 Å². The summed E-state index contributed by atoms with van der Waals surface area (Å²) in [5.74, 6) is 0.0867. The molecule has 1 fully saturated rings. The van der Waals surface area contributed by atoms with E-state index in [9.17, 15) is 4.79 Å². The van der Waals surface area contributed by atoms with Crippen LogP contribution in [0.5, 0.6) is 0 Å². The van der Waals surface area contributed by atoms with Crippen molar-refractivity contribution in [3.8, 4) is 0 Å². The van der Waals surface area contributed by atoms with E-state index in [1.807, 2.05) is 0 Å². The summed E-state index contributed by atoms with van der Waals surface area (Å²) >= 11 is 0. The number of amides is 1. The highest BCUT2D eigenvalue weighted by atomic mass is 16.5. The number of nitrogens with two attached hydrogens (primary N) is 1. The fourth-order valence-electron chi connectivity index (χ4n) is 2.38. The molecule has 0 aromatic carbocycles. The third-order valence-corrected chi connectivity index (χ3v) is 3.85. The number of nitrogens with zero attached hydrogens (tertiary/aromatic N) is 1. The molecule has 1 amide bonds. The van der Waals surface area contributed by atoms with Crippen molar-refractivity contribution >= 4 is 11.7 Å². The molecule has 0 aliphatic heterocycles. The summed E-state index contributed by atoms with van der Waals surface area (Å²) in [6.07, 6.45) is 2.59. The maximum Gasteiger partial charge on any atom is 0.255 e. The summed E-state index contributed by atoms with van der Waals surface area (Å²) < 4.78 is 5.35. The monoisotopic (exact) mass is 249 g/mol. The second-order valence-corrected chi connectivity index (χ2v) is 5.24. The van der Waals surface area contributed by atoms with Gasteiger partial charge in [-0.25, -0.2) is 4.98 Å². The van der Waals surface area contributed by atoms with E-state index in [2.05, 4.69) is 24.1 Å². The van der Waals surface area contributed by atoms with Crippen LogP contribution in [0.15, 0.2) is 18.3 Å². The van der Waals surface area contributed by atoms with Crippen molar-refractivity contribution in [1.82, 2.24) is 10.3 Å². The largest absolute Gasteiger partial charge is 0.383 e. The Hall–Kier alpha value is -1.62. The van der Waals surface area contributed by atoms with Crippen LogP contribution in [0.1, 0.15) is 30.6 Å². The van der Waals surface area contributed by atoms with Crippen molar-refractivity contribution < 1.29 is 9.53 Å². The average molecular weight is 249 g/mol. The summed E-state index contributed by atoms with van der Waals surface area (Å²) in [4.78, 5) is 16.0. The zero-order chi connectivity index (χ0) is 13.3. The lowest BCUT2D eigenvalue weighted by atomic mass is 9.64. The Labute approximate surface area is 107 Å². The highest BCUT2D eigenvalue weighted by molar-refractivity contribution is 5.98. The van der Waals surface area contributed by atoms with Crippen molar-refractivity contribution in [2.75, 3.05) is 12.8 Å². The standard InChI is InChI=1S/C13H19N3O2/c1-13(2)9(7-10(13)18-3)16-12(17)8-5-4-6-15-11(8)14/h4-6,9-10H,7H2,1-3H3,(H2,14,15)(H,16,17). The molecule has 1 aliphatic carbocycles. The van der Waals surface area contributed by atoms with E-state index in [-0.39, 0.29) is 29.3 Å². The molecule has 5 heteroatoms. The van der Waals surface area contributed by atoms with E-state index in [0.717, 1.165) is 6.42 Å². The smallest absolute Gasteiger partial charge is 0.255 e. The van der Waals surface area contributed by atoms with Gasteiger partial charge in [0.25, 0.3) is 5.91 Å². The van der Waals surface area contributed by atoms with Crippen molar-refractivity contribution in [3.05, 3.63) is 23.9 Å². The summed E-state index contributed by atoms with van der Waals surface area (Å²) in [5.41, 5.74) is 6.05. The molecule has 1 aromatic heterocycles. The van der Waals surface area contributed by atoms with Crippen molar-refractivity contribution in [2.24, 2.45) is 5.41 Å². The number of rotatable bonds is 3. The normalized spacial score (nSPS) is 25.3. The molecule has 1 saturated carbocycles. The summed E-state index contributed by atoms with van der Waals surface area (Å²) in [6.45, 7) is 4.17. The minimum atomic E-state index is -0.173. The number of carbonyl (C=O) groups excluding carboxylic acids is 1. The van der Waals surface area contributed by atoms with Crippen LogP contribution in [-0.2, 0) is 4.74 Å². The molecule has 0 bridgehead atoms. The van der Waals surface area contributed by atoms with E-state index in [4.69, 9.17) is 10.5 Å². The van der Waals surface area contributed by atoms with Gasteiger partial charge in [0.2, 0.25) is 0 Å². The molecule has 18 heavy (non-hydrogen) atoms. The number of methoxy groups -OCH3 is 1. The van der Waals surface area contributed by atoms with Crippen molar-refractivity contribution in [2.45, 2.75) is 32.4 Å². The lowest BCUT2D eigenvalue weighted by Gasteiger charge is -2.51. The van der Waals surface area contributed by atoms with Crippen LogP contribution in [0.4, 0.5) is 5.82 Å². The van der Waals surface area contributed by atoms with E-state index < -0.39 is 0 Å². The quantitative estimate of drug-likeness (QED) is 0.844. The molecular formula is C13H19N3O2. The molecule has 0 spiro atoms. The molecule has 0 saturated heterocycles. The summed E-state index contributed by atoms with van der Waals surface area (Å²) in [5, 5.41) is 2.99. The molecule has 98 valence electrons. The van der Waals surface area contributed by atoms with Crippen LogP contribution >= 0.6 is 0 Å². The van der Waals surface area contributed by atoms with Gasteiger partial charge < -0.3 is 15.8 Å². The highest BCUT2D eigenvalue weighted by Gasteiger charge is 2.49. The van der Waals surface area contributed by atoms with Gasteiger partial charge in [0, 0.05) is 24.8 Å². The number of carbonyl (C=O) groups is 1. The van der Waals surface area contributed by atoms with Crippen molar-refractivity contribution in [3.63, 3.8) is 0 Å². The van der Waals surface area contributed by atoms with Gasteiger partial charge in [-0.15, -0.1) is 0 Å². The Kier molecular flexibility index (Phi) is 3.26. The summed E-state index contributed by atoms with van der Waals surface area (Å²) in [6, 6.07) is 3.49. The molecule has 2 atom stereocenters. The number of hydrogen-bond acceptors (Lipinski definition) is 4. The van der Waals surface area contributed by atoms with Gasteiger partial charge in [-0.05, 0) is 18.6 Å². The van der Waals surface area contributed by atoms with Crippen LogP contribution in [0.25, 0.3) is 0 Å². The maximum atomic E-state index is 12.1. The topological polar surface area (TPSA) is 77.2 Å². The zero-order valence-electron chi connectivity index (χ0n) is 10.9. The van der Waals surface area contributed by atoms with Gasteiger partial charge in [-0.3, -0.25) is 4.79 Å². The molecule has 0 radical (unpaired) electrons. The lowest BCUT2D eigenvalue weighted by Crippen LogP contribution is -2.61. The number of nitrogens with one attached hydrogen (secondary N) is 1. The third-order valence-electron chi connectivity index (χ3n) is 3.85. The number of aromatic nitrogens is 1. The number of pyridine rings is 1. The Morgan fingerprint density at radius 1 is 1.61 bits per heavy atom. The Bertz CT molecular complexity index is 459. The van der Waals surface area contributed by atoms with E-state index in [0.29, 0.717) is 5.56 Å². The fraction of sp³-hybridized carbons (Fsp3) is 0.538. The predicted molar refractivity (Wildman–Crippen MR) is 69.1 cm³/mol. The molecule has 2 unspecified atom stereocenters. The first-order valence-electron chi connectivity index (χ1n) is 6.01. The van der Waals surface area contributed by atoms with Crippen LogP contribution in [0, 0.1) is 5.41 Å². The fourth-order valence-corrected chi connectivity index (χ4v) is 2.38. The zero-order valence-corrected chi connectivity index (χ0v) is 10.9. The SMILES string of the molecule is COC1CC(NC(=O)c2cccnc2N)C1(C)C. The van der Waals surface area contributed by atoms with Crippen LogP contribution < -0.4 is 11.1 Å². The van der Waals surface area contributed by atoms with Gasteiger partial charge in [0.05, 0.1) is 11.7 Å². The maximum absolute atomic E-state index is 12.1. The number of hydrogen-bond donors (Lipinski definition) is 2. The summed E-state index contributed by atoms with van der Waals surface area (Å²) in [7, 11) is 1.70. The Balaban J connectivity index is 2.04. The highest BCUT2D eigenvalue weighted by Crippen LogP contribution is 2.42. The minimum absolute atomic E-state index is 0.0542. The van der Waals surface area contributed by atoms with Gasteiger partial charge in [-0.2, -0.15) is 0 Å². The molecular weight excluding hydrogens is 230 g/mol. The van der Waals surface area contributed by atoms with E-state index >= 15 is 0 Å². The first kappa shape index (κ1) is 12.8. The number of anilines is 1. The average Bonchev–Trinajstić information content (AvgIpc) is 2.34. The molecule has 1 aromatic rings. The molecule has 3 N–H and O–H groups in total. The Morgan fingerprint density at radius 3 is 2.89 bits per heavy atom. The van der Waals surface area contributed by atoms with Gasteiger partial charge in [0.1, 0.15) is 5.82 Å². The van der Waals surface area contributed by atoms with Crippen molar-refractivity contribution in [1.29, 1.82) is 0 Å². The second kappa shape index (κ2) is 4.57. The molecule has 5 nitrogen and oxygen atoms in total. The third kappa shape index (κ3) is 2.06. The molecule has 1 aliphatic rings. The van der Waals surface area contributed by atoms with Crippen LogP contribution in [-0.4, -0.2) is 30.1 Å².